The number of guanidine groups is 1. The van der Waals surface area contributed by atoms with Gasteiger partial charge in [0.1, 0.15) is 5.75 Å². The smallest absolute Gasteiger partial charge is 0.193 e. The summed E-state index contributed by atoms with van der Waals surface area (Å²) in [6, 6.07) is 14.2. The molecule has 122 valence electrons. The predicted molar refractivity (Wildman–Crippen MR) is 100 cm³/mol. The molecule has 2 rings (SSSR count). The van der Waals surface area contributed by atoms with Crippen LogP contribution in [0.4, 0.5) is 5.69 Å². The van der Waals surface area contributed by atoms with Gasteiger partial charge in [-0.3, -0.25) is 4.99 Å². The Kier molecular flexibility index (Phi) is 6.47. The lowest BCUT2D eigenvalue weighted by Gasteiger charge is -2.10. The summed E-state index contributed by atoms with van der Waals surface area (Å²) >= 11 is 3.49. The van der Waals surface area contributed by atoms with Gasteiger partial charge in [-0.25, -0.2) is 0 Å². The Morgan fingerprint density at radius 2 is 2.04 bits per heavy atom. The molecule has 0 fully saturated rings. The van der Waals surface area contributed by atoms with Crippen LogP contribution in [-0.4, -0.2) is 19.6 Å². The standard InChI is InChI=1S/C18H22BrN3O/c1-3-13-6-4-8-15(12-13)22-18(20)21-11-10-14-7-5-9-16(19)17(14)23-2/h4-9,12H,3,10-11H2,1-2H3,(H3,20,21,22). The molecule has 23 heavy (non-hydrogen) atoms. The minimum Gasteiger partial charge on any atom is -0.495 e. The highest BCUT2D eigenvalue weighted by molar-refractivity contribution is 9.10. The van der Waals surface area contributed by atoms with E-state index in [1.807, 2.05) is 30.3 Å². The maximum absolute atomic E-state index is 5.96. The van der Waals surface area contributed by atoms with E-state index >= 15 is 0 Å². The summed E-state index contributed by atoms with van der Waals surface area (Å²) in [5.74, 6) is 1.28. The van der Waals surface area contributed by atoms with E-state index in [9.17, 15) is 0 Å². The number of hydrogen-bond donors (Lipinski definition) is 2. The van der Waals surface area contributed by atoms with Gasteiger partial charge >= 0.3 is 0 Å². The number of methoxy groups -OCH3 is 1. The average Bonchev–Trinajstić information content (AvgIpc) is 2.55. The molecule has 0 aliphatic heterocycles. The molecule has 0 saturated carbocycles. The summed E-state index contributed by atoms with van der Waals surface area (Å²) in [7, 11) is 1.67. The van der Waals surface area contributed by atoms with Gasteiger partial charge in [0.15, 0.2) is 5.96 Å². The molecule has 0 unspecified atom stereocenters. The van der Waals surface area contributed by atoms with E-state index in [0.29, 0.717) is 12.5 Å². The highest BCUT2D eigenvalue weighted by Gasteiger charge is 2.06. The van der Waals surface area contributed by atoms with Gasteiger partial charge in [-0.15, -0.1) is 0 Å². The van der Waals surface area contributed by atoms with E-state index in [0.717, 1.165) is 34.3 Å². The lowest BCUT2D eigenvalue weighted by molar-refractivity contribution is 0.407. The van der Waals surface area contributed by atoms with E-state index in [1.165, 1.54) is 5.56 Å². The van der Waals surface area contributed by atoms with Crippen molar-refractivity contribution in [3.8, 4) is 5.75 Å². The molecule has 0 radical (unpaired) electrons. The fourth-order valence-corrected chi connectivity index (χ4v) is 2.90. The van der Waals surface area contributed by atoms with Crippen LogP contribution < -0.4 is 15.8 Å². The third kappa shape index (κ3) is 4.99. The van der Waals surface area contributed by atoms with Crippen molar-refractivity contribution in [3.63, 3.8) is 0 Å². The molecular formula is C18H22BrN3O. The van der Waals surface area contributed by atoms with Crippen molar-refractivity contribution in [2.75, 3.05) is 19.0 Å². The topological polar surface area (TPSA) is 59.6 Å². The molecule has 0 saturated heterocycles. The van der Waals surface area contributed by atoms with Crippen LogP contribution in [0.15, 0.2) is 51.9 Å². The third-order valence-electron chi connectivity index (χ3n) is 3.52. The first kappa shape index (κ1) is 17.3. The zero-order chi connectivity index (χ0) is 16.7. The van der Waals surface area contributed by atoms with Crippen LogP contribution >= 0.6 is 15.9 Å². The Labute approximate surface area is 145 Å². The number of halogens is 1. The number of benzene rings is 2. The predicted octanol–water partition coefficient (Wildman–Crippen LogP) is 3.99. The molecule has 2 aromatic rings. The normalized spacial score (nSPS) is 11.3. The zero-order valence-corrected chi connectivity index (χ0v) is 15.1. The SMILES string of the molecule is CCc1cccc(NC(N)=NCCc2cccc(Br)c2OC)c1. The Morgan fingerprint density at radius 3 is 2.78 bits per heavy atom. The summed E-state index contributed by atoms with van der Waals surface area (Å²) in [6.45, 7) is 2.72. The first-order valence-corrected chi connectivity index (χ1v) is 8.40. The van der Waals surface area contributed by atoms with Crippen LogP contribution in [0.25, 0.3) is 0 Å². The number of nitrogens with one attached hydrogen (secondary N) is 1. The second kappa shape index (κ2) is 8.58. The van der Waals surface area contributed by atoms with Gasteiger partial charge in [-0.2, -0.15) is 0 Å². The van der Waals surface area contributed by atoms with Crippen molar-refractivity contribution in [3.05, 3.63) is 58.1 Å². The third-order valence-corrected chi connectivity index (χ3v) is 4.15. The summed E-state index contributed by atoms with van der Waals surface area (Å²) in [4.78, 5) is 4.39. The van der Waals surface area contributed by atoms with E-state index in [4.69, 9.17) is 10.5 Å². The fourth-order valence-electron chi connectivity index (χ4n) is 2.33. The van der Waals surface area contributed by atoms with Crippen molar-refractivity contribution in [2.45, 2.75) is 19.8 Å². The lowest BCUT2D eigenvalue weighted by Crippen LogP contribution is -2.23. The first-order chi connectivity index (χ1) is 11.1. The van der Waals surface area contributed by atoms with Gasteiger partial charge in [-0.1, -0.05) is 31.2 Å². The Balaban J connectivity index is 1.96. The van der Waals surface area contributed by atoms with Crippen LogP contribution in [0.3, 0.4) is 0 Å². The van der Waals surface area contributed by atoms with Crippen molar-refractivity contribution in [1.29, 1.82) is 0 Å². The molecule has 0 aliphatic carbocycles. The summed E-state index contributed by atoms with van der Waals surface area (Å²) in [5.41, 5.74) is 9.29. The largest absolute Gasteiger partial charge is 0.495 e. The number of anilines is 1. The molecule has 0 bridgehead atoms. The summed E-state index contributed by atoms with van der Waals surface area (Å²) < 4.78 is 6.36. The summed E-state index contributed by atoms with van der Waals surface area (Å²) in [5, 5.41) is 3.13. The van der Waals surface area contributed by atoms with Crippen molar-refractivity contribution in [1.82, 2.24) is 0 Å². The van der Waals surface area contributed by atoms with Crippen molar-refractivity contribution < 1.29 is 4.74 Å². The van der Waals surface area contributed by atoms with E-state index in [-0.39, 0.29) is 0 Å². The van der Waals surface area contributed by atoms with Gasteiger partial charge < -0.3 is 15.8 Å². The quantitative estimate of drug-likeness (QED) is 0.592. The van der Waals surface area contributed by atoms with Crippen LogP contribution in [-0.2, 0) is 12.8 Å². The highest BCUT2D eigenvalue weighted by Crippen LogP contribution is 2.28. The van der Waals surface area contributed by atoms with Gasteiger partial charge in [0, 0.05) is 12.2 Å². The molecule has 0 atom stereocenters. The van der Waals surface area contributed by atoms with Crippen LogP contribution in [0.2, 0.25) is 0 Å². The van der Waals surface area contributed by atoms with E-state index < -0.39 is 0 Å². The molecule has 0 spiro atoms. The van der Waals surface area contributed by atoms with Crippen LogP contribution in [0.1, 0.15) is 18.1 Å². The zero-order valence-electron chi connectivity index (χ0n) is 13.5. The molecule has 0 heterocycles. The number of nitrogens with two attached hydrogens (primary N) is 1. The van der Waals surface area contributed by atoms with E-state index in [2.05, 4.69) is 45.3 Å². The van der Waals surface area contributed by atoms with Gasteiger partial charge in [-0.05, 0) is 58.1 Å². The van der Waals surface area contributed by atoms with Gasteiger partial charge in [0.2, 0.25) is 0 Å². The second-order valence-electron chi connectivity index (χ2n) is 5.13. The van der Waals surface area contributed by atoms with Gasteiger partial charge in [0.25, 0.3) is 0 Å². The lowest BCUT2D eigenvalue weighted by atomic mass is 10.1. The number of hydrogen-bond acceptors (Lipinski definition) is 2. The van der Waals surface area contributed by atoms with E-state index in [1.54, 1.807) is 7.11 Å². The van der Waals surface area contributed by atoms with Crippen LogP contribution in [0.5, 0.6) is 5.75 Å². The molecular weight excluding hydrogens is 354 g/mol. The number of aliphatic imine (C=N–C) groups is 1. The molecule has 4 nitrogen and oxygen atoms in total. The van der Waals surface area contributed by atoms with Crippen molar-refractivity contribution >= 4 is 27.6 Å². The number of nitrogens with zero attached hydrogens (tertiary/aromatic N) is 1. The number of para-hydroxylation sites is 1. The van der Waals surface area contributed by atoms with Gasteiger partial charge in [0.05, 0.1) is 11.6 Å². The monoisotopic (exact) mass is 375 g/mol. The first-order valence-electron chi connectivity index (χ1n) is 7.61. The highest BCUT2D eigenvalue weighted by atomic mass is 79.9. The molecule has 3 N–H and O–H groups in total. The Morgan fingerprint density at radius 1 is 1.26 bits per heavy atom. The number of rotatable bonds is 6. The molecule has 0 aromatic heterocycles. The number of aryl methyl sites for hydroxylation is 1. The minimum absolute atomic E-state index is 0.423. The molecule has 2 aromatic carbocycles. The Bertz CT molecular complexity index is 686. The molecule has 5 heteroatoms. The fraction of sp³-hybridized carbons (Fsp3) is 0.278. The average molecular weight is 376 g/mol. The van der Waals surface area contributed by atoms with Crippen molar-refractivity contribution in [2.24, 2.45) is 10.7 Å². The summed E-state index contributed by atoms with van der Waals surface area (Å²) in [6.07, 6.45) is 1.76. The molecule has 0 aliphatic rings. The van der Waals surface area contributed by atoms with Crippen LogP contribution in [0, 0.1) is 0 Å². The molecule has 0 amide bonds. The minimum atomic E-state index is 0.423. The maximum Gasteiger partial charge on any atom is 0.193 e. The Hall–Kier alpha value is -2.01. The maximum atomic E-state index is 5.96. The number of ether oxygens (including phenoxy) is 1. The second-order valence-corrected chi connectivity index (χ2v) is 5.98.